The lowest BCUT2D eigenvalue weighted by molar-refractivity contribution is -0.142. The molecular weight excluding hydrogens is 257 g/mol. The van der Waals surface area contributed by atoms with Crippen molar-refractivity contribution in [2.75, 3.05) is 18.5 Å². The van der Waals surface area contributed by atoms with Crippen LogP contribution in [0, 0.1) is 5.82 Å². The van der Waals surface area contributed by atoms with E-state index in [4.69, 9.17) is 9.84 Å². The van der Waals surface area contributed by atoms with E-state index in [1.807, 2.05) is 0 Å². The van der Waals surface area contributed by atoms with E-state index in [0.29, 0.717) is 6.61 Å². The molecule has 1 aromatic carbocycles. The molecule has 1 atom stereocenters. The highest BCUT2D eigenvalue weighted by Crippen LogP contribution is 2.26. The zero-order chi connectivity index (χ0) is 14.0. The van der Waals surface area contributed by atoms with E-state index in [1.54, 1.807) is 0 Å². The van der Waals surface area contributed by atoms with E-state index in [-0.39, 0.29) is 18.7 Å². The number of hydrogen-bond acceptors (Lipinski definition) is 4. The molecular formula is C12H12FNO5. The van der Waals surface area contributed by atoms with Gasteiger partial charge < -0.3 is 20.3 Å². The number of aromatic carboxylic acids is 1. The Morgan fingerprint density at radius 2 is 2.11 bits per heavy atom. The first-order chi connectivity index (χ1) is 8.94. The lowest BCUT2D eigenvalue weighted by Gasteiger charge is -2.25. The molecule has 1 aromatic rings. The van der Waals surface area contributed by atoms with Crippen LogP contribution in [-0.4, -0.2) is 40.9 Å². The van der Waals surface area contributed by atoms with Crippen molar-refractivity contribution in [2.45, 2.75) is 12.0 Å². The third-order valence-corrected chi connectivity index (χ3v) is 3.01. The minimum Gasteiger partial charge on any atom is -0.479 e. The number of halogens is 1. The van der Waals surface area contributed by atoms with Gasteiger partial charge in [0, 0.05) is 18.7 Å². The first kappa shape index (κ1) is 13.3. The number of benzene rings is 1. The van der Waals surface area contributed by atoms with Crippen molar-refractivity contribution in [3.05, 3.63) is 29.6 Å². The van der Waals surface area contributed by atoms with Gasteiger partial charge in [0.05, 0.1) is 12.2 Å². The lowest BCUT2D eigenvalue weighted by atomic mass is 9.98. The molecule has 6 nitrogen and oxygen atoms in total. The summed E-state index contributed by atoms with van der Waals surface area (Å²) in [5.41, 5.74) is -1.55. The van der Waals surface area contributed by atoms with Crippen LogP contribution < -0.4 is 5.32 Å². The summed E-state index contributed by atoms with van der Waals surface area (Å²) in [7, 11) is 0. The summed E-state index contributed by atoms with van der Waals surface area (Å²) < 4.78 is 18.6. The highest BCUT2D eigenvalue weighted by Gasteiger charge is 2.42. The molecule has 0 amide bonds. The van der Waals surface area contributed by atoms with Crippen LogP contribution in [0.1, 0.15) is 16.8 Å². The first-order valence-electron chi connectivity index (χ1n) is 5.57. The third-order valence-electron chi connectivity index (χ3n) is 3.01. The van der Waals surface area contributed by atoms with Gasteiger partial charge in [-0.15, -0.1) is 0 Å². The lowest BCUT2D eigenvalue weighted by Crippen LogP contribution is -2.47. The number of ether oxygens (including phenoxy) is 1. The SMILES string of the molecule is O=C(O)c1ccc(NC2(C(=O)O)CCOC2)cc1F. The number of hydrogen-bond donors (Lipinski definition) is 3. The van der Waals surface area contributed by atoms with Crippen LogP contribution in [0.15, 0.2) is 18.2 Å². The molecule has 7 heteroatoms. The van der Waals surface area contributed by atoms with Crippen molar-refractivity contribution in [2.24, 2.45) is 0 Å². The quantitative estimate of drug-likeness (QED) is 0.759. The Balaban J connectivity index is 2.26. The summed E-state index contributed by atoms with van der Waals surface area (Å²) in [6.07, 6.45) is 0.255. The maximum absolute atomic E-state index is 13.5. The largest absolute Gasteiger partial charge is 0.479 e. The second-order valence-electron chi connectivity index (χ2n) is 4.31. The summed E-state index contributed by atoms with van der Waals surface area (Å²) in [5.74, 6) is -3.38. The topological polar surface area (TPSA) is 95.9 Å². The van der Waals surface area contributed by atoms with E-state index in [2.05, 4.69) is 5.32 Å². The fourth-order valence-electron chi connectivity index (χ4n) is 1.93. The summed E-state index contributed by atoms with van der Waals surface area (Å²) in [6, 6.07) is 3.38. The van der Waals surface area contributed by atoms with Crippen molar-refractivity contribution in [3.63, 3.8) is 0 Å². The van der Waals surface area contributed by atoms with Crippen LogP contribution in [0.2, 0.25) is 0 Å². The maximum atomic E-state index is 13.5. The fraction of sp³-hybridized carbons (Fsp3) is 0.333. The molecule has 1 heterocycles. The van der Waals surface area contributed by atoms with Gasteiger partial charge in [0.1, 0.15) is 5.82 Å². The molecule has 1 saturated heterocycles. The summed E-state index contributed by atoms with van der Waals surface area (Å²) in [4.78, 5) is 21.9. The van der Waals surface area contributed by atoms with Gasteiger partial charge in [0.25, 0.3) is 0 Å². The number of rotatable bonds is 4. The molecule has 19 heavy (non-hydrogen) atoms. The Morgan fingerprint density at radius 3 is 2.58 bits per heavy atom. The van der Waals surface area contributed by atoms with Crippen molar-refractivity contribution >= 4 is 17.6 Å². The van der Waals surface area contributed by atoms with Gasteiger partial charge in [-0.1, -0.05) is 0 Å². The van der Waals surface area contributed by atoms with Crippen molar-refractivity contribution < 1.29 is 28.9 Å². The molecule has 1 aliphatic heterocycles. The van der Waals surface area contributed by atoms with Crippen molar-refractivity contribution in [3.8, 4) is 0 Å². The van der Waals surface area contributed by atoms with E-state index < -0.39 is 28.9 Å². The highest BCUT2D eigenvalue weighted by atomic mass is 19.1. The summed E-state index contributed by atoms with van der Waals surface area (Å²) in [6.45, 7) is 0.277. The number of carbonyl (C=O) groups is 2. The molecule has 0 aromatic heterocycles. The summed E-state index contributed by atoms with van der Waals surface area (Å²) in [5, 5.41) is 20.6. The Kier molecular flexibility index (Phi) is 3.39. The summed E-state index contributed by atoms with van der Waals surface area (Å²) >= 11 is 0. The van der Waals surface area contributed by atoms with Crippen LogP contribution in [0.5, 0.6) is 0 Å². The minimum absolute atomic E-state index is 0.0232. The molecule has 3 N–H and O–H groups in total. The molecule has 0 saturated carbocycles. The molecule has 0 spiro atoms. The Bertz CT molecular complexity index is 525. The fourth-order valence-corrected chi connectivity index (χ4v) is 1.93. The molecule has 102 valence electrons. The van der Waals surface area contributed by atoms with Gasteiger partial charge in [-0.25, -0.2) is 14.0 Å². The third kappa shape index (κ3) is 2.50. The predicted octanol–water partition coefficient (Wildman–Crippen LogP) is 1.18. The average Bonchev–Trinajstić information content (AvgIpc) is 2.78. The minimum atomic E-state index is -1.37. The highest BCUT2D eigenvalue weighted by molar-refractivity contribution is 5.89. The van der Waals surface area contributed by atoms with Crippen LogP contribution in [0.4, 0.5) is 10.1 Å². The number of carboxylic acid groups (broad SMARTS) is 2. The van der Waals surface area contributed by atoms with E-state index in [9.17, 15) is 19.1 Å². The van der Waals surface area contributed by atoms with E-state index in [0.717, 1.165) is 12.1 Å². The maximum Gasteiger partial charge on any atom is 0.338 e. The monoisotopic (exact) mass is 269 g/mol. The smallest absolute Gasteiger partial charge is 0.338 e. The normalized spacial score (nSPS) is 22.2. The van der Waals surface area contributed by atoms with E-state index in [1.165, 1.54) is 6.07 Å². The van der Waals surface area contributed by atoms with Crippen LogP contribution in [0.3, 0.4) is 0 Å². The second kappa shape index (κ2) is 4.85. The zero-order valence-electron chi connectivity index (χ0n) is 9.85. The van der Waals surface area contributed by atoms with Gasteiger partial charge >= 0.3 is 11.9 Å². The molecule has 1 aliphatic rings. The Hall–Kier alpha value is -2.15. The molecule has 0 radical (unpaired) electrons. The molecule has 2 rings (SSSR count). The van der Waals surface area contributed by atoms with Crippen LogP contribution >= 0.6 is 0 Å². The second-order valence-corrected chi connectivity index (χ2v) is 4.31. The van der Waals surface area contributed by atoms with E-state index >= 15 is 0 Å². The van der Waals surface area contributed by atoms with Gasteiger partial charge in [-0.05, 0) is 18.2 Å². The zero-order valence-corrected chi connectivity index (χ0v) is 9.85. The molecule has 0 bridgehead atoms. The molecule has 1 fully saturated rings. The predicted molar refractivity (Wildman–Crippen MR) is 62.8 cm³/mol. The van der Waals surface area contributed by atoms with Crippen molar-refractivity contribution in [1.82, 2.24) is 0 Å². The Labute approximate surface area is 107 Å². The molecule has 0 aliphatic carbocycles. The van der Waals surface area contributed by atoms with Crippen LogP contribution in [-0.2, 0) is 9.53 Å². The molecule has 1 unspecified atom stereocenters. The van der Waals surface area contributed by atoms with Gasteiger partial charge in [-0.3, -0.25) is 0 Å². The van der Waals surface area contributed by atoms with Gasteiger partial charge in [0.15, 0.2) is 5.54 Å². The van der Waals surface area contributed by atoms with Crippen LogP contribution in [0.25, 0.3) is 0 Å². The average molecular weight is 269 g/mol. The van der Waals surface area contributed by atoms with Gasteiger partial charge in [-0.2, -0.15) is 0 Å². The van der Waals surface area contributed by atoms with Gasteiger partial charge in [0.2, 0.25) is 0 Å². The number of carboxylic acids is 2. The first-order valence-corrected chi connectivity index (χ1v) is 5.57. The standard InChI is InChI=1S/C12H12FNO5/c13-9-5-7(1-2-8(9)10(15)16)14-12(11(17)18)3-4-19-6-12/h1-2,5,14H,3-4,6H2,(H,15,16)(H,17,18). The number of nitrogens with one attached hydrogen (secondary N) is 1. The number of anilines is 1. The van der Waals surface area contributed by atoms with Crippen molar-refractivity contribution in [1.29, 1.82) is 0 Å². The number of aliphatic carboxylic acids is 1. The Morgan fingerprint density at radius 1 is 1.37 bits per heavy atom.